The molecule has 0 aliphatic carbocycles. The first kappa shape index (κ1) is 11.8. The van der Waals surface area contributed by atoms with Gasteiger partial charge < -0.3 is 9.15 Å². The highest BCUT2D eigenvalue weighted by molar-refractivity contribution is 6.16. The van der Waals surface area contributed by atoms with Crippen LogP contribution >= 0.6 is 11.6 Å². The van der Waals surface area contributed by atoms with E-state index in [1.54, 1.807) is 12.1 Å². The van der Waals surface area contributed by atoms with Crippen LogP contribution in [0.2, 0.25) is 0 Å². The molecule has 90 valence electrons. The van der Waals surface area contributed by atoms with Gasteiger partial charge in [-0.15, -0.1) is 21.8 Å². The maximum absolute atomic E-state index is 12.0. The number of nitrogens with zero attached hydrogens (tertiary/aromatic N) is 2. The van der Waals surface area contributed by atoms with Crippen LogP contribution in [0.15, 0.2) is 28.7 Å². The molecule has 0 aliphatic heterocycles. The Bertz CT molecular complexity index is 505. The Labute approximate surface area is 100 Å². The number of ether oxygens (including phenoxy) is 1. The smallest absolute Gasteiger partial charge is 0.387 e. The maximum atomic E-state index is 12.0. The van der Waals surface area contributed by atoms with Gasteiger partial charge in [0.15, 0.2) is 0 Å². The van der Waals surface area contributed by atoms with Gasteiger partial charge in [-0.2, -0.15) is 8.78 Å². The second-order valence-corrected chi connectivity index (χ2v) is 3.31. The third-order valence-electron chi connectivity index (χ3n) is 1.89. The molecule has 0 saturated heterocycles. The van der Waals surface area contributed by atoms with E-state index >= 15 is 0 Å². The van der Waals surface area contributed by atoms with Crippen molar-refractivity contribution in [3.8, 4) is 17.2 Å². The minimum atomic E-state index is -2.87. The second-order valence-electron chi connectivity index (χ2n) is 3.04. The van der Waals surface area contributed by atoms with E-state index in [-0.39, 0.29) is 23.4 Å². The molecule has 0 atom stereocenters. The molecule has 2 rings (SSSR count). The molecule has 2 aromatic rings. The standard InChI is InChI=1S/C10H7ClF2N2O2/c11-5-8-14-15-9(17-8)6-2-1-3-7(4-6)16-10(12)13/h1-4,10H,5H2. The van der Waals surface area contributed by atoms with Crippen molar-refractivity contribution in [1.29, 1.82) is 0 Å². The molecule has 0 aliphatic rings. The molecular formula is C10H7ClF2N2O2. The predicted molar refractivity (Wildman–Crippen MR) is 55.9 cm³/mol. The topological polar surface area (TPSA) is 48.2 Å². The highest BCUT2D eigenvalue weighted by Crippen LogP contribution is 2.24. The monoisotopic (exact) mass is 260 g/mol. The van der Waals surface area contributed by atoms with Crippen molar-refractivity contribution in [1.82, 2.24) is 10.2 Å². The average molecular weight is 261 g/mol. The van der Waals surface area contributed by atoms with Gasteiger partial charge in [0.1, 0.15) is 11.6 Å². The molecule has 0 unspecified atom stereocenters. The molecule has 0 bridgehead atoms. The lowest BCUT2D eigenvalue weighted by atomic mass is 10.2. The largest absolute Gasteiger partial charge is 0.435 e. The molecule has 0 N–H and O–H groups in total. The van der Waals surface area contributed by atoms with Crippen molar-refractivity contribution in [3.05, 3.63) is 30.2 Å². The molecular weight excluding hydrogens is 254 g/mol. The van der Waals surface area contributed by atoms with Crippen molar-refractivity contribution in [2.75, 3.05) is 0 Å². The first-order valence-corrected chi connectivity index (χ1v) is 5.16. The summed E-state index contributed by atoms with van der Waals surface area (Å²) in [6.07, 6.45) is 0. The molecule has 0 radical (unpaired) electrons. The Kier molecular flexibility index (Phi) is 3.53. The SMILES string of the molecule is FC(F)Oc1cccc(-c2nnc(CCl)o2)c1. The van der Waals surface area contributed by atoms with Crippen molar-refractivity contribution < 1.29 is 17.9 Å². The van der Waals surface area contributed by atoms with E-state index < -0.39 is 6.61 Å². The van der Waals surface area contributed by atoms with Crippen LogP contribution in [0.4, 0.5) is 8.78 Å². The fourth-order valence-corrected chi connectivity index (χ4v) is 1.34. The highest BCUT2D eigenvalue weighted by atomic mass is 35.5. The zero-order valence-electron chi connectivity index (χ0n) is 8.44. The number of benzene rings is 1. The van der Waals surface area contributed by atoms with Gasteiger partial charge in [0, 0.05) is 5.56 Å². The van der Waals surface area contributed by atoms with Gasteiger partial charge in [0.25, 0.3) is 0 Å². The third-order valence-corrected chi connectivity index (χ3v) is 2.12. The van der Waals surface area contributed by atoms with Crippen LogP contribution in [0.5, 0.6) is 5.75 Å². The minimum Gasteiger partial charge on any atom is -0.435 e. The van der Waals surface area contributed by atoms with Gasteiger partial charge in [0.05, 0.1) is 0 Å². The van der Waals surface area contributed by atoms with Crippen LogP contribution in [0.1, 0.15) is 5.89 Å². The van der Waals surface area contributed by atoms with Crippen LogP contribution in [-0.4, -0.2) is 16.8 Å². The second kappa shape index (κ2) is 5.09. The maximum Gasteiger partial charge on any atom is 0.387 e. The Balaban J connectivity index is 2.26. The van der Waals surface area contributed by atoms with E-state index in [9.17, 15) is 8.78 Å². The number of hydrogen-bond acceptors (Lipinski definition) is 4. The quantitative estimate of drug-likeness (QED) is 0.793. The summed E-state index contributed by atoms with van der Waals surface area (Å²) in [7, 11) is 0. The van der Waals surface area contributed by atoms with E-state index in [0.717, 1.165) is 0 Å². The number of aromatic nitrogens is 2. The molecule has 0 saturated carbocycles. The van der Waals surface area contributed by atoms with Crippen LogP contribution in [0, 0.1) is 0 Å². The van der Waals surface area contributed by atoms with Gasteiger partial charge in [-0.3, -0.25) is 0 Å². The van der Waals surface area contributed by atoms with Crippen LogP contribution in [-0.2, 0) is 5.88 Å². The van der Waals surface area contributed by atoms with E-state index in [1.165, 1.54) is 12.1 Å². The normalized spacial score (nSPS) is 10.8. The minimum absolute atomic E-state index is 0.0307. The van der Waals surface area contributed by atoms with E-state index in [2.05, 4.69) is 14.9 Å². The lowest BCUT2D eigenvalue weighted by molar-refractivity contribution is -0.0498. The van der Waals surface area contributed by atoms with Gasteiger partial charge >= 0.3 is 6.61 Å². The summed E-state index contributed by atoms with van der Waals surface area (Å²) in [5, 5.41) is 7.40. The van der Waals surface area contributed by atoms with Gasteiger partial charge in [-0.1, -0.05) is 6.07 Å². The number of hydrogen-bond donors (Lipinski definition) is 0. The number of rotatable bonds is 4. The number of halogens is 3. The zero-order chi connectivity index (χ0) is 12.3. The molecule has 4 nitrogen and oxygen atoms in total. The molecule has 17 heavy (non-hydrogen) atoms. The van der Waals surface area contributed by atoms with Crippen molar-refractivity contribution in [2.45, 2.75) is 12.5 Å². The summed E-state index contributed by atoms with van der Waals surface area (Å²) < 4.78 is 33.5. The van der Waals surface area contributed by atoms with Crippen molar-refractivity contribution in [3.63, 3.8) is 0 Å². The zero-order valence-corrected chi connectivity index (χ0v) is 9.19. The first-order valence-electron chi connectivity index (χ1n) is 4.62. The molecule has 1 aromatic carbocycles. The summed E-state index contributed by atoms with van der Waals surface area (Å²) in [4.78, 5) is 0. The summed E-state index contributed by atoms with van der Waals surface area (Å²) in [6, 6.07) is 5.99. The summed E-state index contributed by atoms with van der Waals surface area (Å²) in [5.74, 6) is 0.602. The Morgan fingerprint density at radius 2 is 2.18 bits per heavy atom. The third kappa shape index (κ3) is 2.91. The molecule has 1 heterocycles. The summed E-state index contributed by atoms with van der Waals surface area (Å²) in [6.45, 7) is -2.87. The summed E-state index contributed by atoms with van der Waals surface area (Å²) in [5.41, 5.74) is 0.493. The lowest BCUT2D eigenvalue weighted by Gasteiger charge is -2.04. The fourth-order valence-electron chi connectivity index (χ4n) is 1.23. The Morgan fingerprint density at radius 1 is 1.35 bits per heavy atom. The van der Waals surface area contributed by atoms with Gasteiger partial charge in [-0.25, -0.2) is 0 Å². The highest BCUT2D eigenvalue weighted by Gasteiger charge is 2.10. The lowest BCUT2D eigenvalue weighted by Crippen LogP contribution is -2.01. The van der Waals surface area contributed by atoms with Gasteiger partial charge in [0.2, 0.25) is 11.8 Å². The van der Waals surface area contributed by atoms with Gasteiger partial charge in [-0.05, 0) is 18.2 Å². The molecule has 0 spiro atoms. The molecule has 7 heteroatoms. The Hall–Kier alpha value is -1.69. The first-order chi connectivity index (χ1) is 8.19. The van der Waals surface area contributed by atoms with E-state index in [4.69, 9.17) is 16.0 Å². The number of alkyl halides is 3. The van der Waals surface area contributed by atoms with Crippen molar-refractivity contribution >= 4 is 11.6 Å². The molecule has 0 fully saturated rings. The predicted octanol–water partition coefficient (Wildman–Crippen LogP) is 3.08. The fraction of sp³-hybridized carbons (Fsp3) is 0.200. The van der Waals surface area contributed by atoms with Crippen LogP contribution in [0.25, 0.3) is 11.5 Å². The molecule has 0 amide bonds. The van der Waals surface area contributed by atoms with Crippen molar-refractivity contribution in [2.24, 2.45) is 0 Å². The van der Waals surface area contributed by atoms with E-state index in [0.29, 0.717) is 5.56 Å². The van der Waals surface area contributed by atoms with Crippen LogP contribution in [0.3, 0.4) is 0 Å². The molecule has 1 aromatic heterocycles. The average Bonchev–Trinajstić information content (AvgIpc) is 2.77. The Morgan fingerprint density at radius 3 is 2.82 bits per heavy atom. The van der Waals surface area contributed by atoms with E-state index in [1.807, 2.05) is 0 Å². The van der Waals surface area contributed by atoms with Crippen LogP contribution < -0.4 is 4.74 Å². The summed E-state index contributed by atoms with van der Waals surface area (Å²) >= 11 is 5.51.